The first kappa shape index (κ1) is 33.8. The highest BCUT2D eigenvalue weighted by atomic mass is 16.7. The summed E-state index contributed by atoms with van der Waals surface area (Å²) in [6, 6.07) is 2.48. The van der Waals surface area contributed by atoms with Crippen LogP contribution < -0.4 is 24.3 Å². The molecule has 50 heavy (non-hydrogen) atoms. The average molecular weight is 685 g/mol. The second-order valence-corrected chi connectivity index (χ2v) is 14.2. The van der Waals surface area contributed by atoms with Crippen molar-refractivity contribution in [3.8, 4) is 34.8 Å². The first-order chi connectivity index (χ1) is 23.9. The molecule has 1 amide bonds. The van der Waals surface area contributed by atoms with Crippen LogP contribution in [0.5, 0.6) is 28.7 Å². The highest BCUT2D eigenvalue weighted by Gasteiger charge is 2.60. The number of phenols is 1. The molecule has 6 bridgehead atoms. The summed E-state index contributed by atoms with van der Waals surface area (Å²) in [5, 5.41) is 25.5. The predicted octanol–water partition coefficient (Wildman–Crippen LogP) is 4.66. The molecule has 2 aromatic carbocycles. The number of alkyl carbamates (subject to hydrolysis) is 1. The van der Waals surface area contributed by atoms with Crippen LogP contribution in [0.25, 0.3) is 0 Å². The van der Waals surface area contributed by atoms with E-state index in [1.165, 1.54) is 0 Å². The normalized spacial score (nSPS) is 30.1. The van der Waals surface area contributed by atoms with Gasteiger partial charge in [-0.1, -0.05) is 18.7 Å². The van der Waals surface area contributed by atoms with E-state index < -0.39 is 23.7 Å². The van der Waals surface area contributed by atoms with Gasteiger partial charge in [0.2, 0.25) is 6.79 Å². The lowest BCUT2D eigenvalue weighted by Gasteiger charge is -2.63. The fourth-order valence-electron chi connectivity index (χ4n) is 9.08. The zero-order valence-electron chi connectivity index (χ0n) is 29.4. The molecule has 12 heteroatoms. The lowest BCUT2D eigenvalue weighted by molar-refractivity contribution is -0.125. The van der Waals surface area contributed by atoms with Crippen LogP contribution in [0.15, 0.2) is 30.4 Å². The van der Waals surface area contributed by atoms with Crippen molar-refractivity contribution in [2.75, 3.05) is 34.2 Å². The predicted molar refractivity (Wildman–Crippen MR) is 183 cm³/mol. The van der Waals surface area contributed by atoms with Crippen LogP contribution >= 0.6 is 0 Å². The molecule has 12 nitrogen and oxygen atoms in total. The van der Waals surface area contributed by atoms with E-state index in [9.17, 15) is 20.0 Å². The number of nitriles is 1. The molecule has 1 saturated heterocycles. The summed E-state index contributed by atoms with van der Waals surface area (Å²) in [5.74, 6) is 2.17. The van der Waals surface area contributed by atoms with Crippen molar-refractivity contribution >= 4 is 11.9 Å². The number of Topliss-reactive ketones (excluding diaryl/α,β-unsaturated/α-hetero) is 1. The van der Waals surface area contributed by atoms with Crippen molar-refractivity contribution in [2.24, 2.45) is 0 Å². The van der Waals surface area contributed by atoms with Crippen LogP contribution in [0.4, 0.5) is 4.79 Å². The lowest BCUT2D eigenvalue weighted by Crippen LogP contribution is -2.72. The van der Waals surface area contributed by atoms with Gasteiger partial charge < -0.3 is 34.1 Å². The van der Waals surface area contributed by atoms with Gasteiger partial charge in [-0.15, -0.1) is 0 Å². The number of piperazine rings is 1. The van der Waals surface area contributed by atoms with Crippen LogP contribution in [0.3, 0.4) is 0 Å². The van der Waals surface area contributed by atoms with E-state index in [0.717, 1.165) is 33.4 Å². The smallest absolute Gasteiger partial charge is 0.408 e. The number of cyclic esters (lactones) is 1. The summed E-state index contributed by atoms with van der Waals surface area (Å²) in [6.07, 6.45) is 4.12. The minimum atomic E-state index is -0.942. The van der Waals surface area contributed by atoms with Gasteiger partial charge in [-0.3, -0.25) is 14.6 Å². The number of benzene rings is 2. The number of likely N-dealkylation sites (N-methyl/N-ethyl adjacent to an activating group) is 1. The molecule has 264 valence electrons. The van der Waals surface area contributed by atoms with Gasteiger partial charge in [0.15, 0.2) is 28.8 Å². The number of nitrogens with one attached hydrogen (secondary N) is 1. The number of fused-ring (bicyclic) bond motifs is 8. The number of methoxy groups -OCH3 is 1. The number of hydrogen-bond donors (Lipinski definition) is 2. The Morgan fingerprint density at radius 2 is 1.88 bits per heavy atom. The van der Waals surface area contributed by atoms with Gasteiger partial charge in [-0.05, 0) is 76.8 Å². The fraction of sp³-hybridized carbons (Fsp3) is 0.500. The number of phenolic OH excluding ortho intramolecular Hbond substituents is 1. The largest absolute Gasteiger partial charge is 0.504 e. The van der Waals surface area contributed by atoms with E-state index in [4.69, 9.17) is 23.7 Å². The zero-order chi connectivity index (χ0) is 35.6. The Morgan fingerprint density at radius 3 is 2.62 bits per heavy atom. The molecular formula is C38H44N4O8. The second-order valence-electron chi connectivity index (χ2n) is 14.2. The second kappa shape index (κ2) is 12.5. The molecule has 2 N–H and O–H groups in total. The quantitative estimate of drug-likeness (QED) is 0.433. The maximum Gasteiger partial charge on any atom is 0.408 e. The SMILES string of the molecule is C=C1/C=C\COC(=O)NC(C)C(=O)CC[C@@]2(C)c3c(c(c(C)c4c3OCO4)OC1)CC1[C@H]3c4c(cc(C)c(OC)c4O)C[C@@H](C(C#N)N12)N3C. The number of ether oxygens (including phenoxy) is 5. The van der Waals surface area contributed by atoms with E-state index in [2.05, 4.69) is 40.8 Å². The standard InChI is InChI=1S/C38H44N4O8/c1-19-9-8-12-47-37(45)40-22(4)28(43)10-11-38(5)30-24(34(48-17-19)21(3)35-36(30)50-18-49-35)15-26-31-29-23(13-20(2)33(46-7)32(29)44)14-25(41(31)6)27(16-39)42(26)38/h8-9,13,22,25-27,31,44H,1,10-12,14-15,17-18H2,2-7H3,(H,40,45)/b9-8-/t22?,25-,26?,27?,31-,38-/m0/s1. The van der Waals surface area contributed by atoms with Crippen molar-refractivity contribution in [1.29, 1.82) is 5.26 Å². The summed E-state index contributed by atoms with van der Waals surface area (Å²) < 4.78 is 29.9. The Bertz CT molecular complexity index is 1870. The van der Waals surface area contributed by atoms with Gasteiger partial charge in [0, 0.05) is 46.3 Å². The highest BCUT2D eigenvalue weighted by Crippen LogP contribution is 2.61. The molecule has 5 heterocycles. The molecule has 5 aliphatic heterocycles. The molecule has 0 saturated carbocycles. The summed E-state index contributed by atoms with van der Waals surface area (Å²) >= 11 is 0. The summed E-state index contributed by atoms with van der Waals surface area (Å²) in [6.45, 7) is 11.9. The van der Waals surface area contributed by atoms with E-state index in [1.54, 1.807) is 26.2 Å². The van der Waals surface area contributed by atoms with E-state index >= 15 is 0 Å². The molecule has 7 rings (SSSR count). The van der Waals surface area contributed by atoms with Crippen molar-refractivity contribution < 1.29 is 38.4 Å². The van der Waals surface area contributed by atoms with Crippen LogP contribution in [-0.4, -0.2) is 85.1 Å². The number of rotatable bonds is 1. The summed E-state index contributed by atoms with van der Waals surface area (Å²) in [7, 11) is 3.58. The van der Waals surface area contributed by atoms with E-state index in [0.29, 0.717) is 47.8 Å². The molecule has 1 fully saturated rings. The number of nitrogens with zero attached hydrogens (tertiary/aromatic N) is 3. The van der Waals surface area contributed by atoms with Crippen LogP contribution in [0.1, 0.15) is 66.1 Å². The van der Waals surface area contributed by atoms with Gasteiger partial charge in [0.05, 0.1) is 25.3 Å². The van der Waals surface area contributed by atoms with Crippen molar-refractivity contribution in [3.05, 3.63) is 63.8 Å². The number of carbonyl (C=O) groups excluding carboxylic acids is 2. The molecular weight excluding hydrogens is 640 g/mol. The Balaban J connectivity index is 1.47. The number of aromatic hydroxyl groups is 1. The molecule has 6 atom stereocenters. The number of amides is 1. The van der Waals surface area contributed by atoms with Crippen LogP contribution in [0.2, 0.25) is 0 Å². The molecule has 0 radical (unpaired) electrons. The Labute approximate surface area is 292 Å². The topological polar surface area (TPSA) is 143 Å². The number of hydrogen-bond acceptors (Lipinski definition) is 11. The van der Waals surface area contributed by atoms with Crippen LogP contribution in [0, 0.1) is 25.2 Å². The minimum Gasteiger partial charge on any atom is -0.504 e. The third kappa shape index (κ3) is 5.09. The molecule has 0 aromatic heterocycles. The van der Waals surface area contributed by atoms with Gasteiger partial charge in [-0.25, -0.2) is 4.79 Å². The number of carbonyl (C=O) groups is 2. The Kier molecular flexibility index (Phi) is 8.47. The third-order valence-electron chi connectivity index (χ3n) is 11.3. The van der Waals surface area contributed by atoms with Crippen molar-refractivity contribution in [3.63, 3.8) is 0 Å². The van der Waals surface area contributed by atoms with Gasteiger partial charge in [0.1, 0.15) is 25.0 Å². The molecule has 5 aliphatic rings. The first-order valence-corrected chi connectivity index (χ1v) is 17.1. The minimum absolute atomic E-state index is 0.00315. The van der Waals surface area contributed by atoms with Gasteiger partial charge >= 0.3 is 6.09 Å². The van der Waals surface area contributed by atoms with E-state index in [1.807, 2.05) is 20.9 Å². The van der Waals surface area contributed by atoms with Gasteiger partial charge in [0.25, 0.3) is 0 Å². The zero-order valence-corrected chi connectivity index (χ0v) is 29.4. The monoisotopic (exact) mass is 684 g/mol. The van der Waals surface area contributed by atoms with E-state index in [-0.39, 0.29) is 56.1 Å². The maximum absolute atomic E-state index is 13.7. The molecule has 2 aromatic rings. The van der Waals surface area contributed by atoms with Crippen molar-refractivity contribution in [2.45, 2.75) is 89.1 Å². The number of aryl methyl sites for hydroxylation is 1. The summed E-state index contributed by atoms with van der Waals surface area (Å²) in [5.41, 5.74) is 4.85. The Morgan fingerprint density at radius 1 is 1.12 bits per heavy atom. The Hall–Kier alpha value is -4.73. The molecule has 0 spiro atoms. The summed E-state index contributed by atoms with van der Waals surface area (Å²) in [4.78, 5) is 30.7. The van der Waals surface area contributed by atoms with Crippen LogP contribution in [-0.2, 0) is 27.9 Å². The molecule has 3 unspecified atom stereocenters. The highest BCUT2D eigenvalue weighted by molar-refractivity contribution is 5.87. The number of ketones is 1. The van der Waals surface area contributed by atoms with Gasteiger partial charge in [-0.2, -0.15) is 5.26 Å². The maximum atomic E-state index is 13.7. The van der Waals surface area contributed by atoms with Crippen molar-refractivity contribution in [1.82, 2.24) is 15.1 Å². The average Bonchev–Trinajstić information content (AvgIpc) is 3.56. The molecule has 0 aliphatic carbocycles. The lowest BCUT2D eigenvalue weighted by atomic mass is 9.67. The third-order valence-corrected chi connectivity index (χ3v) is 11.3. The fourth-order valence-corrected chi connectivity index (χ4v) is 9.08. The first-order valence-electron chi connectivity index (χ1n) is 17.1.